The largest absolute Gasteiger partial charge is 0.368 e. The lowest BCUT2D eigenvalue weighted by atomic mass is 10.2. The van der Waals surface area contributed by atoms with Crippen LogP contribution < -0.4 is 4.90 Å². The number of hydrogen-bond donors (Lipinski definition) is 0. The first-order valence-electron chi connectivity index (χ1n) is 8.78. The Morgan fingerprint density at radius 1 is 1.19 bits per heavy atom. The summed E-state index contributed by atoms with van der Waals surface area (Å²) in [6.07, 6.45) is 5.62. The lowest BCUT2D eigenvalue weighted by Crippen LogP contribution is -2.39. The molecule has 1 fully saturated rings. The quantitative estimate of drug-likeness (QED) is 0.557. The normalized spacial score (nSPS) is 18.1. The van der Waals surface area contributed by atoms with Crippen molar-refractivity contribution in [3.05, 3.63) is 54.2 Å². The van der Waals surface area contributed by atoms with Gasteiger partial charge in [0.1, 0.15) is 17.3 Å². The minimum Gasteiger partial charge on any atom is -0.368 e. The van der Waals surface area contributed by atoms with Gasteiger partial charge in [-0.3, -0.25) is 4.98 Å². The summed E-state index contributed by atoms with van der Waals surface area (Å²) in [5.74, 6) is 0.946. The Bertz CT molecular complexity index is 1100. The van der Waals surface area contributed by atoms with Crippen LogP contribution in [-0.2, 0) is 11.8 Å². The molecule has 26 heavy (non-hydrogen) atoms. The number of morpholine rings is 1. The lowest BCUT2D eigenvalue weighted by molar-refractivity contribution is 0.0366. The van der Waals surface area contributed by atoms with E-state index in [0.29, 0.717) is 6.61 Å². The van der Waals surface area contributed by atoms with Gasteiger partial charge in [-0.25, -0.2) is 9.97 Å². The van der Waals surface area contributed by atoms with Gasteiger partial charge in [0.15, 0.2) is 0 Å². The molecule has 0 spiro atoms. The second-order valence-electron chi connectivity index (χ2n) is 6.70. The maximum atomic E-state index is 6.03. The molecule has 1 aliphatic heterocycles. The molecule has 4 aromatic heterocycles. The Hall–Kier alpha value is -2.93. The Kier molecular flexibility index (Phi) is 3.43. The number of anilines is 1. The highest BCUT2D eigenvalue weighted by molar-refractivity contribution is 5.77. The minimum absolute atomic E-state index is 0.0685. The van der Waals surface area contributed by atoms with E-state index in [1.54, 1.807) is 6.20 Å². The van der Waals surface area contributed by atoms with Crippen LogP contribution in [0, 0.1) is 6.92 Å². The van der Waals surface area contributed by atoms with Crippen molar-refractivity contribution in [1.29, 1.82) is 0 Å². The number of rotatable bonds is 2. The lowest BCUT2D eigenvalue weighted by Gasteiger charge is -2.32. The summed E-state index contributed by atoms with van der Waals surface area (Å²) in [6.45, 7) is 4.28. The first-order chi connectivity index (χ1) is 12.7. The third-order valence-corrected chi connectivity index (χ3v) is 5.05. The second-order valence-corrected chi connectivity index (χ2v) is 6.70. The van der Waals surface area contributed by atoms with Crippen molar-refractivity contribution in [2.24, 2.45) is 7.05 Å². The number of ether oxygens (including phenoxy) is 1. The van der Waals surface area contributed by atoms with E-state index in [0.717, 1.165) is 47.1 Å². The summed E-state index contributed by atoms with van der Waals surface area (Å²) in [6, 6.07) is 8.13. The Morgan fingerprint density at radius 2 is 2.12 bits per heavy atom. The second kappa shape index (κ2) is 5.81. The maximum Gasteiger partial charge on any atom is 0.206 e. The van der Waals surface area contributed by atoms with E-state index in [4.69, 9.17) is 14.7 Å². The zero-order chi connectivity index (χ0) is 17.7. The van der Waals surface area contributed by atoms with Gasteiger partial charge in [0.25, 0.3) is 0 Å². The highest BCUT2D eigenvalue weighted by Gasteiger charge is 2.27. The molecule has 1 aliphatic rings. The van der Waals surface area contributed by atoms with Crippen molar-refractivity contribution in [3.8, 4) is 0 Å². The molecule has 0 aliphatic carbocycles. The fraction of sp³-hybridized carbons (Fsp3) is 0.316. The molecule has 0 bridgehead atoms. The summed E-state index contributed by atoms with van der Waals surface area (Å²) in [5.41, 5.74) is 5.08. The number of nitrogens with zero attached hydrogens (tertiary/aromatic N) is 6. The van der Waals surface area contributed by atoms with Crippen molar-refractivity contribution in [2.45, 2.75) is 13.0 Å². The Morgan fingerprint density at radius 3 is 2.96 bits per heavy atom. The van der Waals surface area contributed by atoms with E-state index in [1.807, 2.05) is 31.4 Å². The molecule has 5 rings (SSSR count). The molecule has 0 amide bonds. The van der Waals surface area contributed by atoms with Gasteiger partial charge in [-0.1, -0.05) is 6.07 Å². The molecule has 0 saturated carbocycles. The number of aryl methyl sites for hydroxylation is 2. The van der Waals surface area contributed by atoms with E-state index in [2.05, 4.69) is 38.0 Å². The van der Waals surface area contributed by atoms with Crippen molar-refractivity contribution in [3.63, 3.8) is 0 Å². The molecule has 7 heteroatoms. The van der Waals surface area contributed by atoms with Crippen LogP contribution in [0.4, 0.5) is 5.95 Å². The molecule has 1 saturated heterocycles. The number of fused-ring (bicyclic) bond motifs is 2. The zero-order valence-corrected chi connectivity index (χ0v) is 14.8. The molecular weight excluding hydrogens is 328 g/mol. The average molecular weight is 348 g/mol. The van der Waals surface area contributed by atoms with Crippen LogP contribution in [-0.4, -0.2) is 43.6 Å². The average Bonchev–Trinajstić information content (AvgIpc) is 3.25. The van der Waals surface area contributed by atoms with Gasteiger partial charge in [-0.15, -0.1) is 0 Å². The van der Waals surface area contributed by atoms with E-state index in [1.165, 1.54) is 0 Å². The summed E-state index contributed by atoms with van der Waals surface area (Å²) >= 11 is 0. The molecule has 1 unspecified atom stereocenters. The molecule has 0 N–H and O–H groups in total. The highest BCUT2D eigenvalue weighted by Crippen LogP contribution is 2.27. The third kappa shape index (κ3) is 2.35. The molecule has 5 heterocycles. The molecular formula is C19H20N6O. The summed E-state index contributed by atoms with van der Waals surface area (Å²) in [5, 5.41) is 0. The monoisotopic (exact) mass is 348 g/mol. The van der Waals surface area contributed by atoms with Crippen LogP contribution in [0.15, 0.2) is 42.9 Å². The standard InChI is InChI=1S/C19H20N6O/c1-13-4-3-5-18-21-15(11-25(13)18)17-12-24(8-9-26-17)19-22-14-10-20-7-6-16(14)23(19)2/h3-7,10-11,17H,8-9,12H2,1-2H3. The van der Waals surface area contributed by atoms with Gasteiger partial charge in [0, 0.05) is 31.7 Å². The molecule has 1 atom stereocenters. The van der Waals surface area contributed by atoms with Crippen LogP contribution in [0.2, 0.25) is 0 Å². The maximum absolute atomic E-state index is 6.03. The Labute approximate surface area is 150 Å². The van der Waals surface area contributed by atoms with Crippen molar-refractivity contribution >= 4 is 22.6 Å². The van der Waals surface area contributed by atoms with Crippen molar-refractivity contribution in [2.75, 3.05) is 24.6 Å². The van der Waals surface area contributed by atoms with Crippen molar-refractivity contribution < 1.29 is 4.74 Å². The number of hydrogen-bond acceptors (Lipinski definition) is 5. The van der Waals surface area contributed by atoms with E-state index in [9.17, 15) is 0 Å². The van der Waals surface area contributed by atoms with Crippen LogP contribution in [0.25, 0.3) is 16.7 Å². The topological polar surface area (TPSA) is 60.5 Å². The highest BCUT2D eigenvalue weighted by atomic mass is 16.5. The summed E-state index contributed by atoms with van der Waals surface area (Å²) in [7, 11) is 2.05. The molecule has 132 valence electrons. The fourth-order valence-electron chi connectivity index (χ4n) is 3.65. The number of aromatic nitrogens is 5. The summed E-state index contributed by atoms with van der Waals surface area (Å²) < 4.78 is 10.3. The first-order valence-corrected chi connectivity index (χ1v) is 8.78. The third-order valence-electron chi connectivity index (χ3n) is 5.05. The first kappa shape index (κ1) is 15.3. The number of pyridine rings is 2. The molecule has 4 aromatic rings. The molecule has 0 radical (unpaired) electrons. The SMILES string of the molecule is Cc1cccc2nc(C3CN(c4nc5cnccc5n4C)CCO3)cn12. The van der Waals surface area contributed by atoms with Gasteiger partial charge in [-0.05, 0) is 25.1 Å². The minimum atomic E-state index is -0.0685. The van der Waals surface area contributed by atoms with Gasteiger partial charge in [-0.2, -0.15) is 0 Å². The van der Waals surface area contributed by atoms with Gasteiger partial charge >= 0.3 is 0 Å². The predicted molar refractivity (Wildman–Crippen MR) is 99.3 cm³/mol. The van der Waals surface area contributed by atoms with Crippen LogP contribution in [0.5, 0.6) is 0 Å². The summed E-state index contributed by atoms with van der Waals surface area (Å²) in [4.78, 5) is 16.0. The number of imidazole rings is 2. The van der Waals surface area contributed by atoms with E-state index >= 15 is 0 Å². The van der Waals surface area contributed by atoms with E-state index in [-0.39, 0.29) is 6.10 Å². The fourth-order valence-corrected chi connectivity index (χ4v) is 3.65. The van der Waals surface area contributed by atoms with Gasteiger partial charge < -0.3 is 18.6 Å². The van der Waals surface area contributed by atoms with Gasteiger partial charge in [0.05, 0.1) is 30.6 Å². The van der Waals surface area contributed by atoms with Crippen LogP contribution in [0.3, 0.4) is 0 Å². The zero-order valence-electron chi connectivity index (χ0n) is 14.8. The van der Waals surface area contributed by atoms with Gasteiger partial charge in [0.2, 0.25) is 5.95 Å². The smallest absolute Gasteiger partial charge is 0.206 e. The molecule has 0 aromatic carbocycles. The van der Waals surface area contributed by atoms with E-state index < -0.39 is 0 Å². The van der Waals surface area contributed by atoms with Crippen molar-refractivity contribution in [1.82, 2.24) is 23.9 Å². The predicted octanol–water partition coefficient (Wildman–Crippen LogP) is 2.50. The van der Waals surface area contributed by atoms with Crippen LogP contribution in [0.1, 0.15) is 17.5 Å². The Balaban J connectivity index is 1.48. The van der Waals surface area contributed by atoms with Crippen LogP contribution >= 0.6 is 0 Å². The molecule has 7 nitrogen and oxygen atoms in total.